The fourth-order valence-electron chi connectivity index (χ4n) is 2.60. The van der Waals surface area contributed by atoms with Crippen molar-refractivity contribution in [2.24, 2.45) is 5.10 Å². The monoisotopic (exact) mass is 363 g/mol. The van der Waals surface area contributed by atoms with Crippen LogP contribution in [0.1, 0.15) is 5.56 Å². The van der Waals surface area contributed by atoms with Gasteiger partial charge in [0.25, 0.3) is 0 Å². The van der Waals surface area contributed by atoms with Crippen molar-refractivity contribution in [2.45, 2.75) is 0 Å². The standard InChI is InChI=1S/C20H14ClN3S/c21-17-10-8-15(9-11-17)19-13-25-20(23-19)24-22-12-16-6-3-5-14-4-1-2-7-18(14)16/h1-13H,(H,23,24)/b22-12-. The molecule has 3 nitrogen and oxygen atoms in total. The van der Waals surface area contributed by atoms with Crippen molar-refractivity contribution in [2.75, 3.05) is 5.43 Å². The summed E-state index contributed by atoms with van der Waals surface area (Å²) < 4.78 is 0. The van der Waals surface area contributed by atoms with Crippen LogP contribution in [0.15, 0.2) is 77.2 Å². The third kappa shape index (κ3) is 3.55. The average molecular weight is 364 g/mol. The van der Waals surface area contributed by atoms with Gasteiger partial charge in [-0.05, 0) is 22.9 Å². The largest absolute Gasteiger partial charge is 0.253 e. The molecule has 0 spiro atoms. The lowest BCUT2D eigenvalue weighted by atomic mass is 10.1. The number of hydrogen-bond acceptors (Lipinski definition) is 4. The maximum atomic E-state index is 5.92. The van der Waals surface area contributed by atoms with E-state index >= 15 is 0 Å². The first kappa shape index (κ1) is 15.8. The second-order valence-electron chi connectivity index (χ2n) is 5.48. The van der Waals surface area contributed by atoms with Gasteiger partial charge in [0.2, 0.25) is 5.13 Å². The summed E-state index contributed by atoms with van der Waals surface area (Å²) in [6.07, 6.45) is 1.83. The summed E-state index contributed by atoms with van der Waals surface area (Å²) in [5.41, 5.74) is 6.02. The summed E-state index contributed by atoms with van der Waals surface area (Å²) in [4.78, 5) is 4.55. The first-order valence-corrected chi connectivity index (χ1v) is 9.04. The highest BCUT2D eigenvalue weighted by atomic mass is 35.5. The Morgan fingerprint density at radius 3 is 2.64 bits per heavy atom. The fourth-order valence-corrected chi connectivity index (χ4v) is 3.39. The minimum Gasteiger partial charge on any atom is -0.253 e. The van der Waals surface area contributed by atoms with Crippen LogP contribution >= 0.6 is 22.9 Å². The molecule has 0 bridgehead atoms. The van der Waals surface area contributed by atoms with E-state index in [1.54, 1.807) is 0 Å². The van der Waals surface area contributed by atoms with Gasteiger partial charge in [0.1, 0.15) is 0 Å². The summed E-state index contributed by atoms with van der Waals surface area (Å²) in [7, 11) is 0. The van der Waals surface area contributed by atoms with Crippen LogP contribution in [-0.2, 0) is 0 Å². The maximum absolute atomic E-state index is 5.92. The van der Waals surface area contributed by atoms with Gasteiger partial charge < -0.3 is 0 Å². The number of thiazole rings is 1. The molecule has 0 saturated heterocycles. The molecule has 0 saturated carbocycles. The Labute approximate surface area is 154 Å². The highest BCUT2D eigenvalue weighted by molar-refractivity contribution is 7.14. The quantitative estimate of drug-likeness (QED) is 0.353. The van der Waals surface area contributed by atoms with Crippen molar-refractivity contribution >= 4 is 45.1 Å². The van der Waals surface area contributed by atoms with Gasteiger partial charge >= 0.3 is 0 Å². The van der Waals surface area contributed by atoms with Gasteiger partial charge in [0.15, 0.2) is 0 Å². The molecule has 1 heterocycles. The van der Waals surface area contributed by atoms with E-state index in [9.17, 15) is 0 Å². The second kappa shape index (κ2) is 7.05. The van der Waals surface area contributed by atoms with E-state index in [0.29, 0.717) is 0 Å². The molecule has 0 aliphatic carbocycles. The van der Waals surface area contributed by atoms with Crippen LogP contribution in [0.25, 0.3) is 22.0 Å². The van der Waals surface area contributed by atoms with Crippen LogP contribution < -0.4 is 5.43 Å². The van der Waals surface area contributed by atoms with Crippen LogP contribution in [0.4, 0.5) is 5.13 Å². The van der Waals surface area contributed by atoms with E-state index in [0.717, 1.165) is 27.0 Å². The predicted octanol–water partition coefficient (Wildman–Crippen LogP) is 6.06. The number of fused-ring (bicyclic) bond motifs is 1. The van der Waals surface area contributed by atoms with Crippen molar-refractivity contribution in [3.8, 4) is 11.3 Å². The Hall–Kier alpha value is -2.69. The van der Waals surface area contributed by atoms with Gasteiger partial charge in [-0.2, -0.15) is 5.10 Å². The number of aromatic nitrogens is 1. The van der Waals surface area contributed by atoms with Gasteiger partial charge in [-0.1, -0.05) is 66.2 Å². The van der Waals surface area contributed by atoms with Crippen molar-refractivity contribution in [3.63, 3.8) is 0 Å². The summed E-state index contributed by atoms with van der Waals surface area (Å²) in [5.74, 6) is 0. The summed E-state index contributed by atoms with van der Waals surface area (Å²) in [6.45, 7) is 0. The number of hydrogen-bond donors (Lipinski definition) is 1. The second-order valence-corrected chi connectivity index (χ2v) is 6.78. The molecule has 4 aromatic rings. The maximum Gasteiger partial charge on any atom is 0.203 e. The van der Waals surface area contributed by atoms with Gasteiger partial charge in [0.05, 0.1) is 11.9 Å². The van der Waals surface area contributed by atoms with Gasteiger partial charge in [-0.15, -0.1) is 11.3 Å². The molecule has 1 aromatic heterocycles. The molecule has 3 aromatic carbocycles. The van der Waals surface area contributed by atoms with Crippen molar-refractivity contribution < 1.29 is 0 Å². The predicted molar refractivity (Wildman–Crippen MR) is 108 cm³/mol. The number of benzene rings is 3. The Morgan fingerprint density at radius 2 is 1.76 bits per heavy atom. The minimum atomic E-state index is 0.719. The number of anilines is 1. The summed E-state index contributed by atoms with van der Waals surface area (Å²) in [5, 5.41) is 10.2. The van der Waals surface area contributed by atoms with E-state index in [4.69, 9.17) is 11.6 Å². The van der Waals surface area contributed by atoms with E-state index < -0.39 is 0 Å². The zero-order chi connectivity index (χ0) is 17.1. The Morgan fingerprint density at radius 1 is 0.960 bits per heavy atom. The molecule has 0 aliphatic rings. The lowest BCUT2D eigenvalue weighted by Gasteiger charge is -2.01. The number of hydrazone groups is 1. The number of rotatable bonds is 4. The Kier molecular flexibility index (Phi) is 4.46. The van der Waals surface area contributed by atoms with Crippen molar-refractivity contribution in [1.29, 1.82) is 0 Å². The number of nitrogens with zero attached hydrogens (tertiary/aromatic N) is 2. The topological polar surface area (TPSA) is 37.3 Å². The first-order chi connectivity index (χ1) is 12.3. The molecule has 0 unspecified atom stereocenters. The summed E-state index contributed by atoms with van der Waals surface area (Å²) >= 11 is 7.44. The lowest BCUT2D eigenvalue weighted by Crippen LogP contribution is -1.91. The molecule has 0 amide bonds. The molecule has 122 valence electrons. The molecule has 4 rings (SSSR count). The van der Waals surface area contributed by atoms with Crippen LogP contribution in [0.3, 0.4) is 0 Å². The Bertz CT molecular complexity index is 1030. The van der Waals surface area contributed by atoms with Crippen molar-refractivity contribution in [1.82, 2.24) is 4.98 Å². The smallest absolute Gasteiger partial charge is 0.203 e. The molecule has 1 N–H and O–H groups in total. The van der Waals surface area contributed by atoms with Crippen molar-refractivity contribution in [3.05, 3.63) is 82.7 Å². The van der Waals surface area contributed by atoms with Gasteiger partial charge in [0, 0.05) is 21.5 Å². The Balaban J connectivity index is 1.51. The zero-order valence-electron chi connectivity index (χ0n) is 13.2. The normalized spacial score (nSPS) is 11.2. The minimum absolute atomic E-state index is 0.719. The highest BCUT2D eigenvalue weighted by Crippen LogP contribution is 2.26. The number of halogens is 1. The first-order valence-electron chi connectivity index (χ1n) is 7.78. The molecule has 0 fully saturated rings. The lowest BCUT2D eigenvalue weighted by molar-refractivity contribution is 1.29. The third-order valence-electron chi connectivity index (χ3n) is 3.83. The average Bonchev–Trinajstić information content (AvgIpc) is 3.11. The molecular weight excluding hydrogens is 350 g/mol. The van der Waals surface area contributed by atoms with E-state index in [1.807, 2.05) is 54.1 Å². The van der Waals surface area contributed by atoms with Gasteiger partial charge in [-0.3, -0.25) is 5.43 Å². The van der Waals surface area contributed by atoms with Crippen LogP contribution in [-0.4, -0.2) is 11.2 Å². The zero-order valence-corrected chi connectivity index (χ0v) is 14.8. The highest BCUT2D eigenvalue weighted by Gasteiger charge is 2.04. The molecule has 0 radical (unpaired) electrons. The molecule has 25 heavy (non-hydrogen) atoms. The van der Waals surface area contributed by atoms with Crippen LogP contribution in [0, 0.1) is 0 Å². The molecule has 5 heteroatoms. The van der Waals surface area contributed by atoms with Crippen LogP contribution in [0.2, 0.25) is 5.02 Å². The van der Waals surface area contributed by atoms with Gasteiger partial charge in [-0.25, -0.2) is 4.98 Å². The SMILES string of the molecule is Clc1ccc(-c2csc(N/N=C\c3cccc4ccccc34)n2)cc1. The van der Waals surface area contributed by atoms with E-state index in [2.05, 4.69) is 39.8 Å². The molecular formula is C20H14ClN3S. The van der Waals surface area contributed by atoms with E-state index in [-0.39, 0.29) is 0 Å². The van der Waals surface area contributed by atoms with Crippen LogP contribution in [0.5, 0.6) is 0 Å². The fraction of sp³-hybridized carbons (Fsp3) is 0. The van der Waals surface area contributed by atoms with E-state index in [1.165, 1.54) is 22.1 Å². The number of nitrogens with one attached hydrogen (secondary N) is 1. The molecule has 0 aliphatic heterocycles. The summed E-state index contributed by atoms with van der Waals surface area (Å²) in [6, 6.07) is 22.1. The third-order valence-corrected chi connectivity index (χ3v) is 4.83. The molecule has 0 atom stereocenters.